The summed E-state index contributed by atoms with van der Waals surface area (Å²) in [6.07, 6.45) is 2.48. The first-order valence-electron chi connectivity index (χ1n) is 11.2. The topological polar surface area (TPSA) is 85.3 Å². The molecule has 1 aliphatic rings. The number of Topliss-reactive ketones (excluding diaryl/α,β-unsaturated/α-hetero) is 1. The van der Waals surface area contributed by atoms with Gasteiger partial charge in [-0.3, -0.25) is 9.59 Å². The minimum absolute atomic E-state index is 0.0522. The van der Waals surface area contributed by atoms with Gasteiger partial charge in [0.05, 0.1) is 25.3 Å². The number of hydrogen-bond donors (Lipinski definition) is 1. The van der Waals surface area contributed by atoms with Crippen LogP contribution in [0.15, 0.2) is 54.1 Å². The highest BCUT2D eigenvalue weighted by Gasteiger charge is 2.45. The van der Waals surface area contributed by atoms with E-state index in [1.807, 2.05) is 6.07 Å². The number of ether oxygens (including phenoxy) is 3. The molecule has 0 aromatic heterocycles. The Kier molecular flexibility index (Phi) is 8.49. The monoisotopic (exact) mass is 453 g/mol. The fraction of sp³-hybridized carbons (Fsp3) is 0.385. The lowest BCUT2D eigenvalue weighted by molar-refractivity contribution is -0.140. The van der Waals surface area contributed by atoms with E-state index in [2.05, 4.69) is 6.92 Å². The summed E-state index contributed by atoms with van der Waals surface area (Å²) >= 11 is 0. The van der Waals surface area contributed by atoms with Crippen molar-refractivity contribution < 1.29 is 28.9 Å². The van der Waals surface area contributed by atoms with Crippen LogP contribution in [0.1, 0.15) is 43.4 Å². The largest absolute Gasteiger partial charge is 0.507 e. The van der Waals surface area contributed by atoms with E-state index >= 15 is 0 Å². The van der Waals surface area contributed by atoms with Gasteiger partial charge in [-0.2, -0.15) is 0 Å². The molecule has 0 aliphatic carbocycles. The molecule has 2 aromatic carbocycles. The fourth-order valence-corrected chi connectivity index (χ4v) is 3.87. The maximum absolute atomic E-state index is 13.1. The van der Waals surface area contributed by atoms with Gasteiger partial charge in [0, 0.05) is 25.8 Å². The van der Waals surface area contributed by atoms with Crippen molar-refractivity contribution in [3.8, 4) is 11.5 Å². The molecular formula is C26H31NO6. The van der Waals surface area contributed by atoms with Crippen LogP contribution in [0.3, 0.4) is 0 Å². The predicted molar refractivity (Wildman–Crippen MR) is 125 cm³/mol. The van der Waals surface area contributed by atoms with Gasteiger partial charge in [-0.05, 0) is 42.7 Å². The summed E-state index contributed by atoms with van der Waals surface area (Å²) in [5.74, 6) is -0.386. The number of carbonyl (C=O) groups is 2. The maximum Gasteiger partial charge on any atom is 0.295 e. The normalized spacial score (nSPS) is 17.4. The van der Waals surface area contributed by atoms with Crippen LogP contribution < -0.4 is 9.47 Å². The maximum atomic E-state index is 13.1. The zero-order chi connectivity index (χ0) is 23.8. The highest BCUT2D eigenvalue weighted by Crippen LogP contribution is 2.40. The minimum Gasteiger partial charge on any atom is -0.507 e. The lowest BCUT2D eigenvalue weighted by Gasteiger charge is -2.25. The third kappa shape index (κ3) is 5.54. The average molecular weight is 454 g/mol. The summed E-state index contributed by atoms with van der Waals surface area (Å²) in [6, 6.07) is 13.4. The Labute approximate surface area is 194 Å². The van der Waals surface area contributed by atoms with Gasteiger partial charge >= 0.3 is 0 Å². The van der Waals surface area contributed by atoms with E-state index in [-0.39, 0.29) is 11.3 Å². The van der Waals surface area contributed by atoms with Gasteiger partial charge in [-0.25, -0.2) is 0 Å². The van der Waals surface area contributed by atoms with E-state index in [1.54, 1.807) is 56.7 Å². The Hall–Kier alpha value is -3.32. The van der Waals surface area contributed by atoms with Crippen molar-refractivity contribution in [2.24, 2.45) is 0 Å². The van der Waals surface area contributed by atoms with Crippen LogP contribution in [0.4, 0.5) is 0 Å². The molecule has 0 spiro atoms. The lowest BCUT2D eigenvalue weighted by Crippen LogP contribution is -2.31. The molecule has 7 heteroatoms. The number of methoxy groups -OCH3 is 2. The van der Waals surface area contributed by atoms with Gasteiger partial charge in [0.2, 0.25) is 0 Å². The zero-order valence-electron chi connectivity index (χ0n) is 19.4. The van der Waals surface area contributed by atoms with Crippen molar-refractivity contribution >= 4 is 17.4 Å². The molecule has 1 fully saturated rings. The standard InChI is InChI=1S/C26H31NO6/c1-4-5-15-33-21-12-7-10-19(17-21)24(28)22-23(18-9-6-11-20(16-18)32-3)27(13-8-14-31-2)26(30)25(22)29/h6-7,9-12,16-17,23,28H,4-5,8,13-15H2,1-3H3/b24-22+. The number of likely N-dealkylation sites (tertiary alicyclic amines) is 1. The highest BCUT2D eigenvalue weighted by molar-refractivity contribution is 6.46. The molecule has 1 aliphatic heterocycles. The first-order chi connectivity index (χ1) is 16.0. The van der Waals surface area contributed by atoms with Crippen LogP contribution in [-0.4, -0.2) is 55.7 Å². The van der Waals surface area contributed by atoms with Gasteiger partial charge < -0.3 is 24.2 Å². The van der Waals surface area contributed by atoms with Crippen molar-refractivity contribution in [3.63, 3.8) is 0 Å². The second-order valence-corrected chi connectivity index (χ2v) is 7.85. The van der Waals surface area contributed by atoms with E-state index in [4.69, 9.17) is 14.2 Å². The van der Waals surface area contributed by atoms with E-state index in [9.17, 15) is 14.7 Å². The molecule has 1 saturated heterocycles. The van der Waals surface area contributed by atoms with E-state index < -0.39 is 17.7 Å². The van der Waals surface area contributed by atoms with Gasteiger partial charge in [0.25, 0.3) is 11.7 Å². The highest BCUT2D eigenvalue weighted by atomic mass is 16.5. The van der Waals surface area contributed by atoms with Gasteiger partial charge in [-0.1, -0.05) is 37.6 Å². The molecule has 0 bridgehead atoms. The number of unbranched alkanes of at least 4 members (excludes halogenated alkanes) is 1. The second-order valence-electron chi connectivity index (χ2n) is 7.85. The Morgan fingerprint density at radius 1 is 1.00 bits per heavy atom. The van der Waals surface area contributed by atoms with Crippen LogP contribution in [0, 0.1) is 0 Å². The molecule has 1 atom stereocenters. The third-order valence-corrected chi connectivity index (χ3v) is 5.57. The second kappa shape index (κ2) is 11.5. The number of rotatable bonds is 11. The summed E-state index contributed by atoms with van der Waals surface area (Å²) in [6.45, 7) is 3.41. The van der Waals surface area contributed by atoms with Crippen LogP contribution in [0.2, 0.25) is 0 Å². The minimum atomic E-state index is -0.735. The molecular weight excluding hydrogens is 422 g/mol. The van der Waals surface area contributed by atoms with Crippen LogP contribution in [-0.2, 0) is 14.3 Å². The molecule has 1 heterocycles. The molecule has 176 valence electrons. The molecule has 1 N–H and O–H groups in total. The van der Waals surface area contributed by atoms with E-state index in [0.717, 1.165) is 12.8 Å². The van der Waals surface area contributed by atoms with E-state index in [1.165, 1.54) is 4.90 Å². The van der Waals surface area contributed by atoms with Gasteiger partial charge in [0.1, 0.15) is 17.3 Å². The third-order valence-electron chi connectivity index (χ3n) is 5.57. The fourth-order valence-electron chi connectivity index (χ4n) is 3.87. The molecule has 1 unspecified atom stereocenters. The lowest BCUT2D eigenvalue weighted by atomic mass is 9.95. The number of amides is 1. The molecule has 1 amide bonds. The number of hydrogen-bond acceptors (Lipinski definition) is 6. The first kappa shape index (κ1) is 24.3. The number of carbonyl (C=O) groups excluding carboxylic acids is 2. The van der Waals surface area contributed by atoms with Crippen LogP contribution in [0.25, 0.3) is 5.76 Å². The van der Waals surface area contributed by atoms with Crippen molar-refractivity contribution in [1.29, 1.82) is 0 Å². The molecule has 0 saturated carbocycles. The van der Waals surface area contributed by atoms with Crippen molar-refractivity contribution in [3.05, 3.63) is 65.2 Å². The number of benzene rings is 2. The summed E-state index contributed by atoms with van der Waals surface area (Å²) in [5, 5.41) is 11.2. The number of nitrogens with zero attached hydrogens (tertiary/aromatic N) is 1. The summed E-state index contributed by atoms with van der Waals surface area (Å²) in [5.41, 5.74) is 1.16. The van der Waals surface area contributed by atoms with Gasteiger partial charge in [-0.15, -0.1) is 0 Å². The predicted octanol–water partition coefficient (Wildman–Crippen LogP) is 4.33. The Morgan fingerprint density at radius 2 is 1.76 bits per heavy atom. The first-order valence-corrected chi connectivity index (χ1v) is 11.2. The Bertz CT molecular complexity index is 1020. The van der Waals surface area contributed by atoms with Crippen molar-refractivity contribution in [2.45, 2.75) is 32.2 Å². The Balaban J connectivity index is 2.06. The quantitative estimate of drug-likeness (QED) is 0.236. The Morgan fingerprint density at radius 3 is 2.48 bits per heavy atom. The summed E-state index contributed by atoms with van der Waals surface area (Å²) in [4.78, 5) is 27.5. The molecule has 33 heavy (non-hydrogen) atoms. The summed E-state index contributed by atoms with van der Waals surface area (Å²) in [7, 11) is 3.14. The zero-order valence-corrected chi connectivity index (χ0v) is 19.4. The number of aliphatic hydroxyl groups is 1. The summed E-state index contributed by atoms with van der Waals surface area (Å²) < 4.78 is 16.2. The van der Waals surface area contributed by atoms with Crippen molar-refractivity contribution in [2.75, 3.05) is 34.0 Å². The number of aliphatic hydroxyl groups excluding tert-OH is 1. The molecule has 0 radical (unpaired) electrons. The smallest absolute Gasteiger partial charge is 0.295 e. The van der Waals surface area contributed by atoms with Gasteiger partial charge in [0.15, 0.2) is 0 Å². The van der Waals surface area contributed by atoms with E-state index in [0.29, 0.717) is 48.8 Å². The van der Waals surface area contributed by atoms with Crippen LogP contribution in [0.5, 0.6) is 11.5 Å². The SMILES string of the molecule is CCCCOc1cccc(/C(O)=C2\C(=O)C(=O)N(CCCOC)C2c2cccc(OC)c2)c1. The number of ketones is 1. The van der Waals surface area contributed by atoms with Crippen LogP contribution >= 0.6 is 0 Å². The molecule has 7 nitrogen and oxygen atoms in total. The molecule has 3 rings (SSSR count). The molecule has 2 aromatic rings. The van der Waals surface area contributed by atoms with Crippen molar-refractivity contribution in [1.82, 2.24) is 4.90 Å². The average Bonchev–Trinajstić information content (AvgIpc) is 3.09.